The van der Waals surface area contributed by atoms with Crippen LogP contribution in [0.1, 0.15) is 36.0 Å². The first-order valence-corrected chi connectivity index (χ1v) is 6.22. The fraction of sp³-hybridized carbons (Fsp3) is 0.385. The van der Waals surface area contributed by atoms with E-state index >= 15 is 0 Å². The molecule has 1 saturated carbocycles. The smallest absolute Gasteiger partial charge is 0.255 e. The first kappa shape index (κ1) is 11.1. The van der Waals surface area contributed by atoms with E-state index in [4.69, 9.17) is 0 Å². The van der Waals surface area contributed by atoms with Crippen molar-refractivity contribution in [2.75, 3.05) is 0 Å². The summed E-state index contributed by atoms with van der Waals surface area (Å²) in [6.07, 6.45) is 6.06. The number of phenols is 1. The van der Waals surface area contributed by atoms with Crippen molar-refractivity contribution in [1.82, 2.24) is 15.5 Å². The van der Waals surface area contributed by atoms with Gasteiger partial charge in [0.15, 0.2) is 5.75 Å². The number of phenolic OH excluding ortho intramolecular Hbond substituents is 1. The SMILES string of the molecule is O=C(NC1CCCC1)c1ccc2c[nH]nc2c1O. The van der Waals surface area contributed by atoms with Crippen molar-refractivity contribution in [2.45, 2.75) is 31.7 Å². The van der Waals surface area contributed by atoms with Gasteiger partial charge in [0.1, 0.15) is 5.52 Å². The monoisotopic (exact) mass is 245 g/mol. The summed E-state index contributed by atoms with van der Waals surface area (Å²) in [5, 5.41) is 20.4. The molecule has 0 bridgehead atoms. The van der Waals surface area contributed by atoms with Crippen LogP contribution in [-0.2, 0) is 0 Å². The Bertz CT molecular complexity index is 585. The van der Waals surface area contributed by atoms with Crippen LogP contribution in [0.15, 0.2) is 18.3 Å². The van der Waals surface area contributed by atoms with E-state index in [0.717, 1.165) is 31.1 Å². The van der Waals surface area contributed by atoms with Crippen LogP contribution in [0.25, 0.3) is 10.9 Å². The van der Waals surface area contributed by atoms with Gasteiger partial charge in [-0.3, -0.25) is 9.89 Å². The molecule has 3 N–H and O–H groups in total. The van der Waals surface area contributed by atoms with Gasteiger partial charge in [-0.15, -0.1) is 0 Å². The van der Waals surface area contributed by atoms with Gasteiger partial charge in [-0.1, -0.05) is 18.9 Å². The van der Waals surface area contributed by atoms with Crippen molar-refractivity contribution in [3.63, 3.8) is 0 Å². The lowest BCUT2D eigenvalue weighted by molar-refractivity contribution is 0.0935. The van der Waals surface area contributed by atoms with Gasteiger partial charge < -0.3 is 10.4 Å². The molecule has 0 saturated heterocycles. The standard InChI is InChI=1S/C13H15N3O2/c17-12-10(6-5-8-7-14-16-11(8)12)13(18)15-9-3-1-2-4-9/h5-7,9,17H,1-4H2,(H,14,16)(H,15,18). The first-order chi connectivity index (χ1) is 8.75. The highest BCUT2D eigenvalue weighted by molar-refractivity contribution is 6.02. The molecule has 0 radical (unpaired) electrons. The zero-order valence-corrected chi connectivity index (χ0v) is 9.94. The number of benzene rings is 1. The van der Waals surface area contributed by atoms with E-state index in [0.29, 0.717) is 11.1 Å². The van der Waals surface area contributed by atoms with Gasteiger partial charge in [-0.2, -0.15) is 5.10 Å². The Hall–Kier alpha value is -2.04. The molecule has 1 aromatic carbocycles. The summed E-state index contributed by atoms with van der Waals surface area (Å²) in [6, 6.07) is 3.66. The van der Waals surface area contributed by atoms with E-state index in [1.807, 2.05) is 0 Å². The number of amides is 1. The van der Waals surface area contributed by atoms with E-state index in [-0.39, 0.29) is 17.7 Å². The molecular weight excluding hydrogens is 230 g/mol. The summed E-state index contributed by atoms with van der Waals surface area (Å²) in [4.78, 5) is 12.1. The zero-order chi connectivity index (χ0) is 12.5. The zero-order valence-electron chi connectivity index (χ0n) is 9.94. The van der Waals surface area contributed by atoms with Crippen molar-refractivity contribution >= 4 is 16.8 Å². The average molecular weight is 245 g/mol. The molecule has 0 spiro atoms. The Balaban J connectivity index is 1.88. The fourth-order valence-electron chi connectivity index (χ4n) is 2.51. The van der Waals surface area contributed by atoms with Crippen LogP contribution in [0, 0.1) is 0 Å². The Labute approximate surface area is 104 Å². The molecular formula is C13H15N3O2. The Morgan fingerprint density at radius 1 is 1.39 bits per heavy atom. The molecule has 1 aliphatic carbocycles. The van der Waals surface area contributed by atoms with Gasteiger partial charge in [0, 0.05) is 17.6 Å². The predicted molar refractivity (Wildman–Crippen MR) is 67.5 cm³/mol. The Morgan fingerprint density at radius 2 is 2.17 bits per heavy atom. The van der Waals surface area contributed by atoms with Crippen LogP contribution >= 0.6 is 0 Å². The quantitative estimate of drug-likeness (QED) is 0.756. The second-order valence-electron chi connectivity index (χ2n) is 4.74. The molecule has 5 nitrogen and oxygen atoms in total. The summed E-state index contributed by atoms with van der Waals surface area (Å²) in [5.74, 6) is -0.270. The van der Waals surface area contributed by atoms with Crippen LogP contribution in [0.3, 0.4) is 0 Å². The number of nitrogens with zero attached hydrogens (tertiary/aromatic N) is 1. The third kappa shape index (κ3) is 1.81. The molecule has 18 heavy (non-hydrogen) atoms. The van der Waals surface area contributed by atoms with Crippen molar-refractivity contribution < 1.29 is 9.90 Å². The van der Waals surface area contributed by atoms with Crippen LogP contribution in [0.5, 0.6) is 5.75 Å². The lowest BCUT2D eigenvalue weighted by Crippen LogP contribution is -2.32. The summed E-state index contributed by atoms with van der Waals surface area (Å²) in [6.45, 7) is 0. The van der Waals surface area contributed by atoms with Gasteiger partial charge in [0.05, 0.1) is 5.56 Å². The number of nitrogens with one attached hydrogen (secondary N) is 2. The number of aromatic hydroxyl groups is 1. The number of carbonyl (C=O) groups excluding carboxylic acids is 1. The predicted octanol–water partition coefficient (Wildman–Crippen LogP) is 1.94. The third-order valence-electron chi connectivity index (χ3n) is 3.51. The lowest BCUT2D eigenvalue weighted by atomic mass is 10.1. The lowest BCUT2D eigenvalue weighted by Gasteiger charge is -2.12. The summed E-state index contributed by atoms with van der Waals surface area (Å²) in [7, 11) is 0. The number of H-pyrrole nitrogens is 1. The van der Waals surface area contributed by atoms with Crippen molar-refractivity contribution in [3.05, 3.63) is 23.9 Å². The first-order valence-electron chi connectivity index (χ1n) is 6.22. The molecule has 1 heterocycles. The normalized spacial score (nSPS) is 16.2. The molecule has 5 heteroatoms. The molecule has 2 aromatic rings. The highest BCUT2D eigenvalue weighted by Gasteiger charge is 2.20. The minimum absolute atomic E-state index is 0.0516. The van der Waals surface area contributed by atoms with E-state index in [2.05, 4.69) is 15.5 Å². The van der Waals surface area contributed by atoms with Crippen molar-refractivity contribution in [3.8, 4) is 5.75 Å². The Morgan fingerprint density at radius 3 is 2.94 bits per heavy atom. The van der Waals surface area contributed by atoms with Crippen LogP contribution < -0.4 is 5.32 Å². The molecule has 0 unspecified atom stereocenters. The van der Waals surface area contributed by atoms with Crippen molar-refractivity contribution in [1.29, 1.82) is 0 Å². The van der Waals surface area contributed by atoms with Gasteiger partial charge in [0.25, 0.3) is 5.91 Å². The van der Waals surface area contributed by atoms with Crippen molar-refractivity contribution in [2.24, 2.45) is 0 Å². The number of rotatable bonds is 2. The maximum atomic E-state index is 12.1. The highest BCUT2D eigenvalue weighted by Crippen LogP contribution is 2.27. The van der Waals surface area contributed by atoms with E-state index in [9.17, 15) is 9.90 Å². The van der Waals surface area contributed by atoms with E-state index in [1.54, 1.807) is 18.3 Å². The maximum Gasteiger partial charge on any atom is 0.255 e. The molecule has 1 fully saturated rings. The summed E-state index contributed by atoms with van der Waals surface area (Å²) < 4.78 is 0. The molecule has 0 atom stereocenters. The minimum Gasteiger partial charge on any atom is -0.505 e. The topological polar surface area (TPSA) is 78.0 Å². The number of carbonyl (C=O) groups is 1. The number of aromatic nitrogens is 2. The second kappa shape index (κ2) is 4.33. The molecule has 1 aliphatic rings. The highest BCUT2D eigenvalue weighted by atomic mass is 16.3. The minimum atomic E-state index is -0.218. The fourth-order valence-corrected chi connectivity index (χ4v) is 2.51. The molecule has 1 aromatic heterocycles. The van der Waals surface area contributed by atoms with Crippen LogP contribution in [-0.4, -0.2) is 27.3 Å². The summed E-state index contributed by atoms with van der Waals surface area (Å²) in [5.41, 5.74) is 0.732. The largest absolute Gasteiger partial charge is 0.505 e. The molecule has 1 amide bonds. The Kier molecular flexibility index (Phi) is 2.66. The second-order valence-corrected chi connectivity index (χ2v) is 4.74. The van der Waals surface area contributed by atoms with Crippen LogP contribution in [0.4, 0.5) is 0 Å². The average Bonchev–Trinajstić information content (AvgIpc) is 2.99. The van der Waals surface area contributed by atoms with Gasteiger partial charge in [0.2, 0.25) is 0 Å². The number of aromatic amines is 1. The maximum absolute atomic E-state index is 12.1. The van der Waals surface area contributed by atoms with Gasteiger partial charge >= 0.3 is 0 Å². The van der Waals surface area contributed by atoms with Gasteiger partial charge in [-0.05, 0) is 18.9 Å². The third-order valence-corrected chi connectivity index (χ3v) is 3.51. The molecule has 94 valence electrons. The summed E-state index contributed by atoms with van der Waals surface area (Å²) >= 11 is 0. The number of hydrogen-bond acceptors (Lipinski definition) is 3. The van der Waals surface area contributed by atoms with Gasteiger partial charge in [-0.25, -0.2) is 0 Å². The number of hydrogen-bond donors (Lipinski definition) is 3. The molecule has 0 aliphatic heterocycles. The number of fused-ring (bicyclic) bond motifs is 1. The van der Waals surface area contributed by atoms with E-state index < -0.39 is 0 Å². The molecule has 3 rings (SSSR count). The van der Waals surface area contributed by atoms with Crippen LogP contribution in [0.2, 0.25) is 0 Å². The van der Waals surface area contributed by atoms with E-state index in [1.165, 1.54) is 0 Å².